The minimum Gasteiger partial charge on any atom is -0.461 e. The van der Waals surface area contributed by atoms with Gasteiger partial charge in [0.25, 0.3) is 0 Å². The molecule has 0 spiro atoms. The molecule has 2 aromatic rings. The van der Waals surface area contributed by atoms with Gasteiger partial charge in [0.05, 0.1) is 25.1 Å². The van der Waals surface area contributed by atoms with E-state index in [1.165, 1.54) is 0 Å². The second kappa shape index (κ2) is 8.39. The summed E-state index contributed by atoms with van der Waals surface area (Å²) in [4.78, 5) is 25.4. The summed E-state index contributed by atoms with van der Waals surface area (Å²) in [6.45, 7) is 0.526. The van der Waals surface area contributed by atoms with Crippen LogP contribution in [0.5, 0.6) is 0 Å². The average molecular weight is 394 g/mol. The van der Waals surface area contributed by atoms with Crippen LogP contribution in [0.25, 0.3) is 0 Å². The number of rotatable bonds is 7. The van der Waals surface area contributed by atoms with Crippen molar-refractivity contribution in [1.82, 2.24) is 0 Å². The Labute approximate surface area is 170 Å². The van der Waals surface area contributed by atoms with Crippen LogP contribution in [0.4, 0.5) is 0 Å². The molecular weight excluding hydrogens is 371 g/mol. The monoisotopic (exact) mass is 394 g/mol. The first-order valence-electron chi connectivity index (χ1n) is 9.77. The van der Waals surface area contributed by atoms with Gasteiger partial charge in [0.2, 0.25) is 0 Å². The van der Waals surface area contributed by atoms with Crippen LogP contribution in [-0.4, -0.2) is 44.1 Å². The molecule has 0 N–H and O–H groups in total. The molecular formula is C22H23BO6. The van der Waals surface area contributed by atoms with Gasteiger partial charge >= 0.3 is 11.9 Å². The molecule has 6 nitrogen and oxygen atoms in total. The zero-order valence-corrected chi connectivity index (χ0v) is 16.3. The number of hydrogen-bond donors (Lipinski definition) is 0. The predicted octanol–water partition coefficient (Wildman–Crippen LogP) is 1.61. The van der Waals surface area contributed by atoms with Crippen LogP contribution in [0.1, 0.15) is 17.5 Å². The lowest BCUT2D eigenvalue weighted by Gasteiger charge is -2.29. The van der Waals surface area contributed by atoms with E-state index in [1.54, 1.807) is 0 Å². The van der Waals surface area contributed by atoms with Gasteiger partial charge in [-0.1, -0.05) is 60.7 Å². The van der Waals surface area contributed by atoms with Gasteiger partial charge in [0.15, 0.2) is 0 Å². The summed E-state index contributed by atoms with van der Waals surface area (Å²) in [6, 6.07) is 18.6. The second-order valence-corrected chi connectivity index (χ2v) is 7.56. The highest BCUT2D eigenvalue weighted by atomic mass is 16.6. The maximum absolute atomic E-state index is 12.9. The summed E-state index contributed by atoms with van der Waals surface area (Å²) in [5, 5.41) is 0. The van der Waals surface area contributed by atoms with Crippen LogP contribution >= 0.6 is 0 Å². The number of esters is 2. The first-order valence-corrected chi connectivity index (χ1v) is 9.77. The van der Waals surface area contributed by atoms with Crippen molar-refractivity contribution in [2.75, 3.05) is 6.61 Å². The highest BCUT2D eigenvalue weighted by Gasteiger charge is 2.64. The molecule has 29 heavy (non-hydrogen) atoms. The fourth-order valence-electron chi connectivity index (χ4n) is 4.08. The summed E-state index contributed by atoms with van der Waals surface area (Å²) in [5.74, 6) is -1.48. The van der Waals surface area contributed by atoms with Crippen molar-refractivity contribution in [2.45, 2.75) is 37.3 Å². The Morgan fingerprint density at radius 3 is 2.14 bits per heavy atom. The van der Waals surface area contributed by atoms with E-state index < -0.39 is 29.6 Å². The van der Waals surface area contributed by atoms with E-state index in [4.69, 9.17) is 18.9 Å². The topological polar surface area (TPSA) is 71.1 Å². The van der Waals surface area contributed by atoms with E-state index in [1.807, 2.05) is 68.5 Å². The van der Waals surface area contributed by atoms with Crippen molar-refractivity contribution in [3.05, 3.63) is 71.8 Å². The van der Waals surface area contributed by atoms with E-state index in [-0.39, 0.29) is 32.2 Å². The van der Waals surface area contributed by atoms with Gasteiger partial charge in [0, 0.05) is 0 Å². The fourth-order valence-corrected chi connectivity index (χ4v) is 4.08. The molecule has 2 aliphatic heterocycles. The largest absolute Gasteiger partial charge is 0.461 e. The molecule has 0 aromatic heterocycles. The number of ether oxygens (including phenoxy) is 4. The molecule has 0 amide bonds. The normalized spacial score (nSPS) is 27.5. The molecule has 2 saturated heterocycles. The maximum Gasteiger partial charge on any atom is 0.315 e. The molecule has 0 saturated carbocycles. The molecule has 2 aromatic carbocycles. The predicted molar refractivity (Wildman–Crippen MR) is 106 cm³/mol. The molecule has 0 aliphatic carbocycles. The Bertz CT molecular complexity index is 858. The van der Waals surface area contributed by atoms with Crippen molar-refractivity contribution in [1.29, 1.82) is 0 Å². The molecule has 4 atom stereocenters. The molecule has 2 bridgehead atoms. The van der Waals surface area contributed by atoms with Crippen LogP contribution < -0.4 is 0 Å². The molecule has 7 heteroatoms. The standard InChI is InChI=1S/C22H23BO6/c23-20-19-18(21(25)27-13-16-9-5-2-6-10-16)22(29-20,14-28-19)11-17(24)26-12-15-7-3-1-4-8-15/h1-10,18-20H,11-14,23H2/t18?,19-,20+,22-/m0/s1. The summed E-state index contributed by atoms with van der Waals surface area (Å²) < 4.78 is 22.7. The van der Waals surface area contributed by atoms with Crippen molar-refractivity contribution in [3.63, 3.8) is 0 Å². The SMILES string of the molecule is B[C@@H]1O[C@@]2(CC(=O)OCc3ccccc3)CO[C@H]1C2C(=O)OCc1ccccc1. The number of benzene rings is 2. The summed E-state index contributed by atoms with van der Waals surface area (Å²) in [5.41, 5.74) is 0.766. The number of fused-ring (bicyclic) bond motifs is 2. The van der Waals surface area contributed by atoms with Crippen molar-refractivity contribution >= 4 is 19.8 Å². The van der Waals surface area contributed by atoms with E-state index in [2.05, 4.69) is 0 Å². The van der Waals surface area contributed by atoms with E-state index in [0.29, 0.717) is 0 Å². The van der Waals surface area contributed by atoms with Crippen molar-refractivity contribution in [3.8, 4) is 0 Å². The van der Waals surface area contributed by atoms with Gasteiger partial charge in [-0.05, 0) is 11.1 Å². The average Bonchev–Trinajstić information content (AvgIpc) is 3.23. The molecule has 1 unspecified atom stereocenters. The lowest BCUT2D eigenvalue weighted by molar-refractivity contribution is -0.164. The first kappa shape index (κ1) is 19.7. The van der Waals surface area contributed by atoms with Gasteiger partial charge in [-0.15, -0.1) is 0 Å². The quantitative estimate of drug-likeness (QED) is 0.525. The molecule has 2 fully saturated rings. The third-order valence-corrected chi connectivity index (χ3v) is 5.46. The van der Waals surface area contributed by atoms with Gasteiger partial charge in [0.1, 0.15) is 32.6 Å². The zero-order valence-electron chi connectivity index (χ0n) is 16.3. The van der Waals surface area contributed by atoms with Crippen LogP contribution in [-0.2, 0) is 41.8 Å². The molecule has 0 radical (unpaired) electrons. The van der Waals surface area contributed by atoms with Gasteiger partial charge in [-0.25, -0.2) is 0 Å². The minimum absolute atomic E-state index is 0.0498. The first-order chi connectivity index (χ1) is 14.1. The highest BCUT2D eigenvalue weighted by Crippen LogP contribution is 2.46. The van der Waals surface area contributed by atoms with Crippen molar-refractivity contribution < 1.29 is 28.5 Å². The maximum atomic E-state index is 12.9. The number of carbonyl (C=O) groups is 2. The van der Waals surface area contributed by atoms with Gasteiger partial charge in [-0.3, -0.25) is 9.59 Å². The molecule has 4 rings (SSSR count). The summed E-state index contributed by atoms with van der Waals surface area (Å²) in [6.07, 6.45) is -0.466. The highest BCUT2D eigenvalue weighted by molar-refractivity contribution is 6.12. The van der Waals surface area contributed by atoms with Crippen LogP contribution in [0.15, 0.2) is 60.7 Å². The summed E-state index contributed by atoms with van der Waals surface area (Å²) in [7, 11) is 1.85. The van der Waals surface area contributed by atoms with Gasteiger partial charge in [-0.2, -0.15) is 0 Å². The van der Waals surface area contributed by atoms with Gasteiger partial charge < -0.3 is 18.9 Å². The Hall–Kier alpha value is -2.64. The summed E-state index contributed by atoms with van der Waals surface area (Å²) >= 11 is 0. The Morgan fingerprint density at radius 1 is 0.966 bits per heavy atom. The van der Waals surface area contributed by atoms with Crippen LogP contribution in [0.2, 0.25) is 0 Å². The number of carbonyl (C=O) groups excluding carboxylic acids is 2. The Kier molecular flexibility index (Phi) is 5.69. The van der Waals surface area contributed by atoms with E-state index in [0.717, 1.165) is 11.1 Å². The van der Waals surface area contributed by atoms with Crippen LogP contribution in [0, 0.1) is 5.92 Å². The van der Waals surface area contributed by atoms with Crippen molar-refractivity contribution in [2.24, 2.45) is 5.92 Å². The van der Waals surface area contributed by atoms with E-state index >= 15 is 0 Å². The smallest absolute Gasteiger partial charge is 0.315 e. The molecule has 150 valence electrons. The minimum atomic E-state index is -1.04. The second-order valence-electron chi connectivity index (χ2n) is 7.56. The zero-order chi connectivity index (χ0) is 20.3. The lowest BCUT2D eigenvalue weighted by atomic mass is 9.83. The van der Waals surface area contributed by atoms with Crippen LogP contribution in [0.3, 0.4) is 0 Å². The molecule has 2 heterocycles. The lowest BCUT2D eigenvalue weighted by Crippen LogP contribution is -2.43. The molecule has 2 aliphatic rings. The Morgan fingerprint density at radius 2 is 1.55 bits per heavy atom. The number of hydrogen-bond acceptors (Lipinski definition) is 6. The third kappa shape index (κ3) is 4.21. The van der Waals surface area contributed by atoms with E-state index in [9.17, 15) is 9.59 Å². The Balaban J connectivity index is 1.40. The fraction of sp³-hybridized carbons (Fsp3) is 0.364. The third-order valence-electron chi connectivity index (χ3n) is 5.46.